The van der Waals surface area contributed by atoms with Crippen LogP contribution < -0.4 is 5.32 Å². The first-order valence-electron chi connectivity index (χ1n) is 5.54. The summed E-state index contributed by atoms with van der Waals surface area (Å²) in [6.45, 7) is 6.65. The third-order valence-electron chi connectivity index (χ3n) is 2.96. The monoisotopic (exact) mass is 304 g/mol. The molecule has 0 bridgehead atoms. The van der Waals surface area contributed by atoms with Gasteiger partial charge in [0.2, 0.25) is 0 Å². The Hall–Kier alpha value is 0.1000. The van der Waals surface area contributed by atoms with Crippen molar-refractivity contribution >= 4 is 27.3 Å². The molecule has 0 unspecified atom stereocenters. The normalized spacial score (nSPS) is 12.4. The number of nitrogens with zero attached hydrogens (tertiary/aromatic N) is 1. The smallest absolute Gasteiger partial charge is 0.0285 e. The summed E-state index contributed by atoms with van der Waals surface area (Å²) in [5.74, 6) is 0. The van der Waals surface area contributed by atoms with Crippen LogP contribution in [-0.4, -0.2) is 37.6 Å². The molecule has 0 atom stereocenters. The van der Waals surface area contributed by atoms with Crippen LogP contribution in [0.3, 0.4) is 0 Å². The number of halogens is 1. The second-order valence-corrected chi connectivity index (χ2v) is 6.66. The first kappa shape index (κ1) is 14.2. The van der Waals surface area contributed by atoms with E-state index in [-0.39, 0.29) is 5.54 Å². The molecular formula is C12H21BrN2S. The molecule has 0 aromatic carbocycles. The number of likely N-dealkylation sites (N-methyl/N-ethyl adjacent to an activating group) is 2. The zero-order chi connectivity index (χ0) is 12.2. The van der Waals surface area contributed by atoms with E-state index in [1.165, 1.54) is 9.35 Å². The Kier molecular flexibility index (Phi) is 5.44. The van der Waals surface area contributed by atoms with E-state index in [1.54, 1.807) is 0 Å². The fourth-order valence-electron chi connectivity index (χ4n) is 1.63. The lowest BCUT2D eigenvalue weighted by Crippen LogP contribution is -2.48. The first-order valence-corrected chi connectivity index (χ1v) is 7.22. The van der Waals surface area contributed by atoms with Crippen LogP contribution in [0.25, 0.3) is 0 Å². The van der Waals surface area contributed by atoms with E-state index in [0.29, 0.717) is 0 Å². The molecule has 92 valence electrons. The Labute approximate surface area is 111 Å². The number of nitrogens with one attached hydrogen (secondary N) is 1. The van der Waals surface area contributed by atoms with Crippen molar-refractivity contribution in [1.82, 2.24) is 10.2 Å². The second kappa shape index (κ2) is 6.15. The van der Waals surface area contributed by atoms with Crippen molar-refractivity contribution < 1.29 is 0 Å². The number of hydrogen-bond donors (Lipinski definition) is 1. The van der Waals surface area contributed by atoms with Gasteiger partial charge in [-0.25, -0.2) is 0 Å². The number of hydrogen-bond acceptors (Lipinski definition) is 3. The van der Waals surface area contributed by atoms with E-state index in [4.69, 9.17) is 0 Å². The maximum Gasteiger partial charge on any atom is 0.0285 e. The Morgan fingerprint density at radius 1 is 1.50 bits per heavy atom. The third kappa shape index (κ3) is 4.17. The Morgan fingerprint density at radius 3 is 2.69 bits per heavy atom. The zero-order valence-electron chi connectivity index (χ0n) is 10.5. The lowest BCUT2D eigenvalue weighted by atomic mass is 10.0. The van der Waals surface area contributed by atoms with Gasteiger partial charge in [0.1, 0.15) is 0 Å². The summed E-state index contributed by atoms with van der Waals surface area (Å²) in [6.07, 6.45) is 1.12. The molecule has 1 aromatic rings. The molecule has 0 saturated carbocycles. The molecule has 0 fully saturated rings. The van der Waals surface area contributed by atoms with E-state index in [9.17, 15) is 0 Å². The van der Waals surface area contributed by atoms with E-state index in [1.807, 2.05) is 18.4 Å². The average Bonchev–Trinajstić information content (AvgIpc) is 2.60. The van der Waals surface area contributed by atoms with Crippen molar-refractivity contribution in [2.45, 2.75) is 25.8 Å². The summed E-state index contributed by atoms with van der Waals surface area (Å²) < 4.78 is 1.20. The van der Waals surface area contributed by atoms with Crippen LogP contribution in [0.15, 0.2) is 15.9 Å². The topological polar surface area (TPSA) is 15.3 Å². The maximum atomic E-state index is 3.49. The van der Waals surface area contributed by atoms with Gasteiger partial charge in [-0.1, -0.05) is 0 Å². The van der Waals surface area contributed by atoms with Crippen LogP contribution in [0, 0.1) is 0 Å². The highest BCUT2D eigenvalue weighted by Crippen LogP contribution is 2.21. The van der Waals surface area contributed by atoms with Crippen molar-refractivity contribution in [2.24, 2.45) is 0 Å². The minimum atomic E-state index is 0.212. The zero-order valence-corrected chi connectivity index (χ0v) is 12.9. The molecule has 4 heteroatoms. The molecule has 1 rings (SSSR count). The summed E-state index contributed by atoms with van der Waals surface area (Å²) in [4.78, 5) is 3.86. The molecule has 1 N–H and O–H groups in total. The van der Waals surface area contributed by atoms with Gasteiger partial charge in [-0.2, -0.15) is 0 Å². The van der Waals surface area contributed by atoms with E-state index < -0.39 is 0 Å². The van der Waals surface area contributed by atoms with Gasteiger partial charge in [0.15, 0.2) is 0 Å². The van der Waals surface area contributed by atoms with Gasteiger partial charge < -0.3 is 5.32 Å². The Morgan fingerprint density at radius 2 is 2.19 bits per heavy atom. The molecule has 0 aliphatic heterocycles. The minimum absolute atomic E-state index is 0.212. The lowest BCUT2D eigenvalue weighted by Gasteiger charge is -2.35. The van der Waals surface area contributed by atoms with Gasteiger partial charge >= 0.3 is 0 Å². The first-order chi connectivity index (χ1) is 7.45. The van der Waals surface area contributed by atoms with Crippen LogP contribution in [0.1, 0.15) is 18.7 Å². The second-order valence-electron chi connectivity index (χ2n) is 4.75. The van der Waals surface area contributed by atoms with Gasteiger partial charge in [-0.15, -0.1) is 11.3 Å². The highest BCUT2D eigenvalue weighted by atomic mass is 79.9. The molecule has 0 aliphatic rings. The van der Waals surface area contributed by atoms with Crippen LogP contribution in [-0.2, 0) is 6.42 Å². The van der Waals surface area contributed by atoms with Crippen LogP contribution in [0.2, 0.25) is 0 Å². The summed E-state index contributed by atoms with van der Waals surface area (Å²) in [7, 11) is 4.20. The fraction of sp³-hybridized carbons (Fsp3) is 0.667. The standard InChI is InChI=1S/C12H21BrN2S/c1-12(2,9-14-3)15(4)6-5-11-7-10(13)8-16-11/h7-8,14H,5-6,9H2,1-4H3. The van der Waals surface area contributed by atoms with Crippen molar-refractivity contribution in [3.63, 3.8) is 0 Å². The van der Waals surface area contributed by atoms with E-state index >= 15 is 0 Å². The molecule has 0 amide bonds. The van der Waals surface area contributed by atoms with E-state index in [2.05, 4.69) is 58.5 Å². The average molecular weight is 305 g/mol. The van der Waals surface area contributed by atoms with Gasteiger partial charge in [-0.3, -0.25) is 4.90 Å². The van der Waals surface area contributed by atoms with Crippen LogP contribution >= 0.6 is 27.3 Å². The molecular weight excluding hydrogens is 284 g/mol. The summed E-state index contributed by atoms with van der Waals surface area (Å²) in [5.41, 5.74) is 0.212. The predicted octanol–water partition coefficient (Wildman–Crippen LogP) is 2.98. The molecule has 16 heavy (non-hydrogen) atoms. The van der Waals surface area contributed by atoms with Crippen molar-refractivity contribution in [1.29, 1.82) is 0 Å². The predicted molar refractivity (Wildman–Crippen MR) is 76.4 cm³/mol. The number of thiophene rings is 1. The fourth-order valence-corrected chi connectivity index (χ4v) is 3.08. The Bertz CT molecular complexity index is 323. The summed E-state index contributed by atoms with van der Waals surface area (Å²) >= 11 is 5.32. The summed E-state index contributed by atoms with van der Waals surface area (Å²) in [6, 6.07) is 2.21. The van der Waals surface area contributed by atoms with Crippen molar-refractivity contribution in [2.75, 3.05) is 27.2 Å². The molecule has 1 aromatic heterocycles. The highest BCUT2D eigenvalue weighted by molar-refractivity contribution is 9.10. The van der Waals surface area contributed by atoms with Crippen LogP contribution in [0.4, 0.5) is 0 Å². The summed E-state index contributed by atoms with van der Waals surface area (Å²) in [5, 5.41) is 5.39. The van der Waals surface area contributed by atoms with Gasteiger partial charge in [0.25, 0.3) is 0 Å². The van der Waals surface area contributed by atoms with Gasteiger partial charge in [-0.05, 0) is 56.4 Å². The molecule has 0 radical (unpaired) electrons. The molecule has 0 aliphatic carbocycles. The molecule has 1 heterocycles. The largest absolute Gasteiger partial charge is 0.318 e. The van der Waals surface area contributed by atoms with Crippen molar-refractivity contribution in [3.05, 3.63) is 20.8 Å². The van der Waals surface area contributed by atoms with Crippen LogP contribution in [0.5, 0.6) is 0 Å². The maximum absolute atomic E-state index is 3.49. The lowest BCUT2D eigenvalue weighted by molar-refractivity contribution is 0.158. The minimum Gasteiger partial charge on any atom is -0.318 e. The SMILES string of the molecule is CNCC(C)(C)N(C)CCc1cc(Br)cs1. The quantitative estimate of drug-likeness (QED) is 0.869. The van der Waals surface area contributed by atoms with Gasteiger partial charge in [0.05, 0.1) is 0 Å². The molecule has 0 saturated heterocycles. The van der Waals surface area contributed by atoms with E-state index in [0.717, 1.165) is 19.5 Å². The Balaban J connectivity index is 2.43. The molecule has 2 nitrogen and oxygen atoms in total. The van der Waals surface area contributed by atoms with Crippen molar-refractivity contribution in [3.8, 4) is 0 Å². The van der Waals surface area contributed by atoms with Gasteiger partial charge in [0, 0.05) is 33.4 Å². The highest BCUT2D eigenvalue weighted by Gasteiger charge is 2.21. The molecule has 0 spiro atoms. The number of rotatable bonds is 6. The third-order valence-corrected chi connectivity index (χ3v) is 4.72.